The van der Waals surface area contributed by atoms with E-state index in [4.69, 9.17) is 9.47 Å². The van der Waals surface area contributed by atoms with Gasteiger partial charge in [0.15, 0.2) is 0 Å². The van der Waals surface area contributed by atoms with E-state index in [-0.39, 0.29) is 24.0 Å². The quantitative estimate of drug-likeness (QED) is 0.224. The Labute approximate surface area is 552 Å². The molecule has 20 nitrogen and oxygen atoms in total. The van der Waals surface area contributed by atoms with Gasteiger partial charge in [0.2, 0.25) is 17.7 Å². The van der Waals surface area contributed by atoms with Gasteiger partial charge in [-0.05, 0) is 217 Å². The monoisotopic (exact) mass is 1270 g/mol. The molecule has 0 radical (unpaired) electrons. The molecule has 90 heavy (non-hydrogen) atoms. The third-order valence-electron chi connectivity index (χ3n) is 21.6. The number of likely N-dealkylation sites (tertiary alicyclic amines) is 7. The van der Waals surface area contributed by atoms with Crippen molar-refractivity contribution in [1.82, 2.24) is 73.5 Å². The first-order chi connectivity index (χ1) is 43.4. The molecule has 0 aliphatic carbocycles. The number of ether oxygens (including phenoxy) is 2. The van der Waals surface area contributed by atoms with E-state index in [9.17, 15) is 14.4 Å². The SMILES string of the molecule is CC1CCCN1C.CCN1CCCC1C(=O)N(C)C.CCN1CCCC1C(=O)N1CCN(C)CC1.CCN1CCCC1C(=O)N1CCOCC1.CCN1CCCC1CN(C)C.CCN1CCCC1CN1CCN(C)CC1.CCN1CCCC1CN1CCOCC1. The smallest absolute Gasteiger partial charge is 0.240 e. The summed E-state index contributed by atoms with van der Waals surface area (Å²) in [5.74, 6) is 0.944. The molecule has 0 spiro atoms. The van der Waals surface area contributed by atoms with E-state index in [0.717, 1.165) is 161 Å². The third kappa shape index (κ3) is 26.8. The molecule has 0 saturated carbocycles. The molecule has 0 bridgehead atoms. The molecule has 3 amide bonds. The van der Waals surface area contributed by atoms with Crippen molar-refractivity contribution in [3.8, 4) is 0 Å². The number of nitrogens with zero attached hydrogens (tertiary/aromatic N) is 15. The second kappa shape index (κ2) is 43.8. The lowest BCUT2D eigenvalue weighted by Crippen LogP contribution is -2.52. The molecule has 20 heteroatoms. The van der Waals surface area contributed by atoms with E-state index >= 15 is 0 Å². The van der Waals surface area contributed by atoms with E-state index in [2.05, 4.69) is 147 Å². The maximum Gasteiger partial charge on any atom is 0.240 e. The van der Waals surface area contributed by atoms with Crippen LogP contribution in [0.1, 0.15) is 138 Å². The summed E-state index contributed by atoms with van der Waals surface area (Å²) in [5.41, 5.74) is 0. The third-order valence-corrected chi connectivity index (χ3v) is 21.6. The van der Waals surface area contributed by atoms with Gasteiger partial charge in [-0.25, -0.2) is 0 Å². The summed E-state index contributed by atoms with van der Waals surface area (Å²) >= 11 is 0. The van der Waals surface area contributed by atoms with Crippen molar-refractivity contribution in [3.63, 3.8) is 0 Å². The number of piperazine rings is 2. The lowest BCUT2D eigenvalue weighted by Gasteiger charge is -2.35. The Morgan fingerprint density at radius 2 is 0.722 bits per heavy atom. The average molecular weight is 1270 g/mol. The summed E-state index contributed by atoms with van der Waals surface area (Å²) in [6.45, 7) is 50.4. The van der Waals surface area contributed by atoms with Crippen LogP contribution in [0.3, 0.4) is 0 Å². The van der Waals surface area contributed by atoms with E-state index in [1.165, 1.54) is 149 Å². The predicted octanol–water partition coefficient (Wildman–Crippen LogP) is 4.79. The molecule has 11 saturated heterocycles. The van der Waals surface area contributed by atoms with Crippen molar-refractivity contribution in [1.29, 1.82) is 0 Å². The minimum absolute atomic E-state index is 0.146. The summed E-state index contributed by atoms with van der Waals surface area (Å²) in [6.07, 6.45) is 17.8. The van der Waals surface area contributed by atoms with E-state index in [1.807, 2.05) is 19.0 Å². The van der Waals surface area contributed by atoms with Gasteiger partial charge in [-0.1, -0.05) is 41.5 Å². The van der Waals surface area contributed by atoms with Gasteiger partial charge in [0.05, 0.1) is 44.6 Å². The molecule has 7 atom stereocenters. The number of rotatable bonds is 15. The molecule has 0 aromatic carbocycles. The Hall–Kier alpha value is -2.15. The van der Waals surface area contributed by atoms with E-state index in [1.54, 1.807) is 4.90 Å². The number of carbonyl (C=O) groups excluding carboxylic acids is 3. The normalized spacial score (nSPS) is 29.0. The summed E-state index contributed by atoms with van der Waals surface area (Å²) < 4.78 is 10.6. The largest absolute Gasteiger partial charge is 0.379 e. The fourth-order valence-corrected chi connectivity index (χ4v) is 15.4. The first kappa shape index (κ1) is 78.5. The van der Waals surface area contributed by atoms with Gasteiger partial charge in [-0.15, -0.1) is 0 Å². The number of carbonyl (C=O) groups is 3. The van der Waals surface area contributed by atoms with Crippen LogP contribution in [-0.4, -0.2) is 393 Å². The van der Waals surface area contributed by atoms with Gasteiger partial charge in [0.1, 0.15) is 0 Å². The van der Waals surface area contributed by atoms with Gasteiger partial charge < -0.3 is 43.8 Å². The molecule has 526 valence electrons. The Kier molecular flexibility index (Phi) is 38.3. The lowest BCUT2D eigenvalue weighted by molar-refractivity contribution is -0.140. The van der Waals surface area contributed by atoms with Crippen LogP contribution in [0, 0.1) is 0 Å². The zero-order chi connectivity index (χ0) is 65.4. The second-order valence-electron chi connectivity index (χ2n) is 28.2. The van der Waals surface area contributed by atoms with Crippen molar-refractivity contribution >= 4 is 17.7 Å². The molecule has 11 aliphatic heterocycles. The van der Waals surface area contributed by atoms with E-state index in [0.29, 0.717) is 25.0 Å². The number of amides is 3. The fraction of sp³-hybridized carbons (Fsp3) is 0.957. The van der Waals surface area contributed by atoms with Crippen LogP contribution in [-0.2, 0) is 23.9 Å². The maximum atomic E-state index is 12.3. The molecule has 7 unspecified atom stereocenters. The van der Waals surface area contributed by atoms with Crippen molar-refractivity contribution in [2.24, 2.45) is 0 Å². The van der Waals surface area contributed by atoms with Crippen molar-refractivity contribution in [2.45, 2.75) is 181 Å². The van der Waals surface area contributed by atoms with Crippen molar-refractivity contribution in [2.75, 3.05) is 259 Å². The Balaban J connectivity index is 0.000000193. The highest BCUT2D eigenvalue weighted by Crippen LogP contribution is 2.24. The van der Waals surface area contributed by atoms with Crippen LogP contribution in [0.5, 0.6) is 0 Å². The first-order valence-electron chi connectivity index (χ1n) is 37.0. The number of hydrogen-bond acceptors (Lipinski definition) is 17. The van der Waals surface area contributed by atoms with Gasteiger partial charge in [0.25, 0.3) is 0 Å². The molecule has 11 rings (SSSR count). The topological polar surface area (TPSA) is 118 Å². The molecular formula is C70H141N15O5. The molecule has 0 aromatic rings. The number of hydrogen-bond donors (Lipinski definition) is 0. The Bertz CT molecular complexity index is 1890. The van der Waals surface area contributed by atoms with Gasteiger partial charge in [-0.3, -0.25) is 53.6 Å². The van der Waals surface area contributed by atoms with E-state index < -0.39 is 0 Å². The molecule has 11 heterocycles. The standard InChI is InChI=1S/C12H23N3O.C12H25N3.C11H20N2O2.C11H22N2O.C9H18N2O.C9H20N2.C6H13N/c1-3-14-6-4-5-11(14)12(16)15-9-7-13(2)8-10-15;1-3-15-6-4-5-12(15)11-14-9-7-13(2)8-10-14;1-2-12-5-3-4-10(12)11(14)13-6-8-15-9-7-13;1-2-13-5-3-4-11(13)10-12-6-8-14-9-7-12;1-4-11-7-5-6-8(11)9(12)10(2)3;1-4-11-7-5-6-9(11)8-10(2)3;1-6-4-3-5-7(6)2/h11H,3-10H2,1-2H3;12H,3-11H2,1-2H3;10H,2-9H2,1H3;11H,2-10H2,1H3;8H,4-7H2,1-3H3;9H,4-8H2,1-3H3;6H,3-5H2,1-2H3. The molecule has 11 aliphatic rings. The van der Waals surface area contributed by atoms with Crippen LogP contribution >= 0.6 is 0 Å². The molecule has 0 aromatic heterocycles. The summed E-state index contributed by atoms with van der Waals surface area (Å²) in [6, 6.07) is 3.82. The zero-order valence-corrected chi connectivity index (χ0v) is 60.8. The highest BCUT2D eigenvalue weighted by molar-refractivity contribution is 5.83. The van der Waals surface area contributed by atoms with Gasteiger partial charge >= 0.3 is 0 Å². The molecule has 11 fully saturated rings. The highest BCUT2D eigenvalue weighted by atomic mass is 16.5. The average Bonchev–Trinajstić information content (AvgIpc) is 2.63. The Morgan fingerprint density at radius 1 is 0.378 bits per heavy atom. The maximum absolute atomic E-state index is 12.3. The minimum atomic E-state index is 0.146. The summed E-state index contributed by atoms with van der Waals surface area (Å²) in [7, 11) is 14.5. The van der Waals surface area contributed by atoms with Crippen LogP contribution in [0.25, 0.3) is 0 Å². The summed E-state index contributed by atoms with van der Waals surface area (Å²) in [4.78, 5) is 71.2. The van der Waals surface area contributed by atoms with Gasteiger partial charge in [-0.2, -0.15) is 0 Å². The van der Waals surface area contributed by atoms with Crippen LogP contribution in [0.4, 0.5) is 0 Å². The number of morpholine rings is 2. The second-order valence-corrected chi connectivity index (χ2v) is 28.2. The van der Waals surface area contributed by atoms with Crippen LogP contribution < -0.4 is 0 Å². The van der Waals surface area contributed by atoms with Gasteiger partial charge in [0, 0.05) is 136 Å². The highest BCUT2D eigenvalue weighted by Gasteiger charge is 2.36. The van der Waals surface area contributed by atoms with Crippen LogP contribution in [0.2, 0.25) is 0 Å². The summed E-state index contributed by atoms with van der Waals surface area (Å²) in [5, 5.41) is 0. The van der Waals surface area contributed by atoms with Crippen LogP contribution in [0.15, 0.2) is 0 Å². The Morgan fingerprint density at radius 3 is 1.11 bits per heavy atom. The fourth-order valence-electron chi connectivity index (χ4n) is 15.4. The first-order valence-corrected chi connectivity index (χ1v) is 37.0. The number of likely N-dealkylation sites (N-methyl/N-ethyl adjacent to an activating group) is 10. The predicted molar refractivity (Wildman–Crippen MR) is 373 cm³/mol. The minimum Gasteiger partial charge on any atom is -0.379 e. The lowest BCUT2D eigenvalue weighted by atomic mass is 10.1. The molecule has 0 N–H and O–H groups in total. The molecular weight excluding hydrogens is 1130 g/mol. The van der Waals surface area contributed by atoms with Crippen molar-refractivity contribution in [3.05, 3.63) is 0 Å². The van der Waals surface area contributed by atoms with Crippen molar-refractivity contribution < 1.29 is 23.9 Å². The zero-order valence-electron chi connectivity index (χ0n) is 60.8.